The van der Waals surface area contributed by atoms with Crippen molar-refractivity contribution in [2.45, 2.75) is 133 Å². The molecule has 1 N–H and O–H groups in total. The summed E-state index contributed by atoms with van der Waals surface area (Å²) >= 11 is 6.23. The van der Waals surface area contributed by atoms with Crippen molar-refractivity contribution >= 4 is 28.2 Å². The van der Waals surface area contributed by atoms with Crippen LogP contribution in [0.4, 0.5) is 13.2 Å². The van der Waals surface area contributed by atoms with E-state index < -0.39 is 11.9 Å². The zero-order chi connectivity index (χ0) is 36.7. The van der Waals surface area contributed by atoms with Gasteiger partial charge in [0, 0.05) is 46.5 Å². The third-order valence-electron chi connectivity index (χ3n) is 7.48. The molecule has 0 radical (unpaired) electrons. The molecule has 0 saturated carbocycles. The van der Waals surface area contributed by atoms with Crippen LogP contribution >= 0.6 is 11.6 Å². The lowest BCUT2D eigenvalue weighted by Gasteiger charge is -2.14. The molecule has 3 rings (SSSR count). The summed E-state index contributed by atoms with van der Waals surface area (Å²) in [6.45, 7) is 25.4. The lowest BCUT2D eigenvalue weighted by Crippen LogP contribution is -2.11. The topological polar surface area (TPSA) is 37.4 Å². The number of nitrogens with one attached hydrogen (secondary N) is 1. The van der Waals surface area contributed by atoms with E-state index in [1.54, 1.807) is 6.92 Å². The normalized spacial score (nSPS) is 12.3. The molecule has 0 fully saturated rings. The van der Waals surface area contributed by atoms with Gasteiger partial charge in [0.05, 0.1) is 0 Å². The number of hydrogen-bond acceptors (Lipinski definition) is 2. The number of aromatic amines is 1. The zero-order valence-electron chi connectivity index (χ0n) is 31.3. The molecule has 3 nitrogen and oxygen atoms in total. The van der Waals surface area contributed by atoms with Crippen LogP contribution in [-0.2, 0) is 11.2 Å². The predicted octanol–water partition coefficient (Wildman–Crippen LogP) is 14.1. The van der Waals surface area contributed by atoms with Crippen LogP contribution in [0.2, 0.25) is 5.02 Å². The Morgan fingerprint density at radius 1 is 0.958 bits per heavy atom. The molecule has 270 valence electrons. The maximum absolute atomic E-state index is 12.1. The van der Waals surface area contributed by atoms with Crippen LogP contribution in [-0.4, -0.2) is 30.1 Å². The van der Waals surface area contributed by atoms with E-state index in [0.717, 1.165) is 56.4 Å². The van der Waals surface area contributed by atoms with Gasteiger partial charge in [-0.25, -0.2) is 0 Å². The minimum atomic E-state index is -4.33. The molecule has 2 aromatic carbocycles. The zero-order valence-corrected chi connectivity index (χ0v) is 32.1. The number of aryl methyl sites for hydroxylation is 2. The van der Waals surface area contributed by atoms with E-state index in [1.807, 2.05) is 19.9 Å². The molecule has 1 aromatic heterocycles. The minimum Gasteiger partial charge on any atom is -0.381 e. The van der Waals surface area contributed by atoms with Gasteiger partial charge in [-0.2, -0.15) is 13.2 Å². The number of fused-ring (bicyclic) bond motifs is 1. The summed E-state index contributed by atoms with van der Waals surface area (Å²) in [5.74, 6) is 0.355. The Hall–Kier alpha value is -2.83. The number of unbranched alkanes of at least 4 members (excludes halogenated alkanes) is 1. The fourth-order valence-corrected chi connectivity index (χ4v) is 4.73. The minimum absolute atomic E-state index is 0.355. The van der Waals surface area contributed by atoms with Gasteiger partial charge in [0.25, 0.3) is 0 Å². The number of allylic oxidation sites excluding steroid dienone is 3. The molecular weight excluding hydrogens is 629 g/mol. The maximum atomic E-state index is 12.1. The number of halogens is 4. The fourth-order valence-electron chi connectivity index (χ4n) is 4.56. The number of ether oxygens (including phenoxy) is 1. The first-order valence-electron chi connectivity index (χ1n) is 17.6. The molecule has 0 aliphatic rings. The number of rotatable bonds is 13. The number of H-pyrrole nitrogens is 1. The van der Waals surface area contributed by atoms with E-state index >= 15 is 0 Å². The van der Waals surface area contributed by atoms with Gasteiger partial charge in [-0.05, 0) is 95.5 Å². The second-order valence-corrected chi connectivity index (χ2v) is 12.6. The smallest absolute Gasteiger partial charge is 0.381 e. The Bertz CT molecular complexity index is 1370. The van der Waals surface area contributed by atoms with Crippen LogP contribution in [0, 0.1) is 6.92 Å². The van der Waals surface area contributed by atoms with Crippen molar-refractivity contribution in [3.63, 3.8) is 0 Å². The second-order valence-electron chi connectivity index (χ2n) is 12.1. The van der Waals surface area contributed by atoms with Crippen LogP contribution in [0.15, 0.2) is 71.4 Å². The predicted molar refractivity (Wildman–Crippen MR) is 205 cm³/mol. The lowest BCUT2D eigenvalue weighted by molar-refractivity contribution is -0.0924. The summed E-state index contributed by atoms with van der Waals surface area (Å²) in [6, 6.07) is 15.0. The third kappa shape index (κ3) is 18.1. The molecule has 0 unspecified atom stereocenters. The van der Waals surface area contributed by atoms with E-state index in [0.29, 0.717) is 18.1 Å². The number of aromatic nitrogens is 1. The molecule has 0 spiro atoms. The molecule has 1 atom stereocenters. The Kier molecular flexibility index (Phi) is 23.7. The van der Waals surface area contributed by atoms with Crippen LogP contribution in [0.25, 0.3) is 10.9 Å². The Morgan fingerprint density at radius 2 is 1.54 bits per heavy atom. The number of alkyl halides is 3. The monoisotopic (exact) mass is 690 g/mol. The van der Waals surface area contributed by atoms with Crippen molar-refractivity contribution in [2.75, 3.05) is 13.2 Å². The largest absolute Gasteiger partial charge is 0.432 e. The van der Waals surface area contributed by atoms with Gasteiger partial charge in [0.2, 0.25) is 0 Å². The quantitative estimate of drug-likeness (QED) is 0.108. The van der Waals surface area contributed by atoms with Crippen molar-refractivity contribution in [2.24, 2.45) is 4.99 Å². The molecule has 0 aliphatic carbocycles. The molecular formula is C41H62ClF3N2O. The number of benzene rings is 2. The first-order valence-corrected chi connectivity index (χ1v) is 17.9. The van der Waals surface area contributed by atoms with Gasteiger partial charge in [-0.3, -0.25) is 4.99 Å². The summed E-state index contributed by atoms with van der Waals surface area (Å²) in [6.07, 6.45) is 4.96. The molecule has 7 heteroatoms. The highest BCUT2D eigenvalue weighted by Crippen LogP contribution is 2.34. The highest BCUT2D eigenvalue weighted by Gasteiger charge is 2.33. The third-order valence-corrected chi connectivity index (χ3v) is 7.71. The summed E-state index contributed by atoms with van der Waals surface area (Å²) in [5, 5.41) is 2.09. The van der Waals surface area contributed by atoms with Gasteiger partial charge < -0.3 is 9.72 Å². The molecule has 1 heterocycles. The molecule has 0 aliphatic heterocycles. The second kappa shape index (κ2) is 25.2. The standard InChI is InChI=1S/C21H24ClN.C9H14F3N.C6H14O.C5H10/c1-4-5-6-18-19-13-17(22)11-12-20(19)23-21(18)15(3)16-9-7-14(2)8-10-16;1-4-6-7(3)13-8(5-2)9(10,11)12;1-3-5-7-6-4-2;1-4-5(2)3/h7-13,15,23H,4-6H2,1-3H3;5H,4,6H2,1-3H3;3-6H2,1-2H3;2,4H2,1,3H3/b;8-5-,13-7?;;/t15-;;;/m0.../s1. The lowest BCUT2D eigenvalue weighted by atomic mass is 9.92. The summed E-state index contributed by atoms with van der Waals surface area (Å²) in [4.78, 5) is 7.16. The Balaban J connectivity index is 0.000000744. The first-order chi connectivity index (χ1) is 22.7. The summed E-state index contributed by atoms with van der Waals surface area (Å²) in [7, 11) is 0. The van der Waals surface area contributed by atoms with Gasteiger partial charge in [-0.15, -0.1) is 6.58 Å². The first kappa shape index (κ1) is 45.2. The average molecular weight is 691 g/mol. The highest BCUT2D eigenvalue weighted by atomic mass is 35.5. The van der Waals surface area contributed by atoms with E-state index in [1.165, 1.54) is 58.6 Å². The maximum Gasteiger partial charge on any atom is 0.432 e. The van der Waals surface area contributed by atoms with E-state index in [4.69, 9.17) is 16.3 Å². The van der Waals surface area contributed by atoms with Gasteiger partial charge in [0.1, 0.15) is 5.70 Å². The van der Waals surface area contributed by atoms with Gasteiger partial charge >= 0.3 is 6.18 Å². The van der Waals surface area contributed by atoms with E-state index in [2.05, 4.69) is 94.5 Å². The average Bonchev–Trinajstić information content (AvgIpc) is 3.40. The van der Waals surface area contributed by atoms with Crippen molar-refractivity contribution in [3.8, 4) is 0 Å². The number of hydrogen-bond donors (Lipinski definition) is 1. The van der Waals surface area contributed by atoms with Gasteiger partial charge in [-0.1, -0.05) is 107 Å². The van der Waals surface area contributed by atoms with Crippen LogP contribution in [0.3, 0.4) is 0 Å². The molecule has 0 bridgehead atoms. The van der Waals surface area contributed by atoms with Crippen LogP contribution in [0.5, 0.6) is 0 Å². The Morgan fingerprint density at radius 3 is 2.00 bits per heavy atom. The SMILES string of the molecule is C/C=C(\N=C(C)CCC)C(F)(F)F.C=C(C)CC.CCCCc1c([C@@H](C)c2ccc(C)cc2)[nH]c2ccc(Cl)cc12.CCCOCCC. The molecule has 48 heavy (non-hydrogen) atoms. The molecule has 0 saturated heterocycles. The van der Waals surface area contributed by atoms with Gasteiger partial charge in [0.15, 0.2) is 0 Å². The van der Waals surface area contributed by atoms with Crippen molar-refractivity contribution in [1.29, 1.82) is 0 Å². The highest BCUT2D eigenvalue weighted by molar-refractivity contribution is 6.31. The Labute approximate surface area is 295 Å². The van der Waals surface area contributed by atoms with Crippen LogP contribution in [0.1, 0.15) is 136 Å². The van der Waals surface area contributed by atoms with Crippen molar-refractivity contribution in [1.82, 2.24) is 4.98 Å². The van der Waals surface area contributed by atoms with Crippen molar-refractivity contribution < 1.29 is 17.9 Å². The van der Waals surface area contributed by atoms with E-state index in [9.17, 15) is 13.2 Å². The molecule has 3 aromatic rings. The number of nitrogens with zero attached hydrogens (tertiary/aromatic N) is 1. The van der Waals surface area contributed by atoms with Crippen LogP contribution < -0.4 is 0 Å². The molecule has 0 amide bonds. The van der Waals surface area contributed by atoms with E-state index in [-0.39, 0.29) is 0 Å². The number of aliphatic imine (C=N–C) groups is 1. The van der Waals surface area contributed by atoms with Crippen molar-refractivity contribution in [3.05, 3.63) is 93.8 Å². The summed E-state index contributed by atoms with van der Waals surface area (Å²) in [5.41, 5.74) is 7.57. The summed E-state index contributed by atoms with van der Waals surface area (Å²) < 4.78 is 41.6. The fraction of sp³-hybridized carbons (Fsp3) is 0.537.